The zero-order valence-corrected chi connectivity index (χ0v) is 28.7. The average Bonchev–Trinajstić information content (AvgIpc) is 2.75. The molecule has 0 aliphatic rings. The molecule has 216 valence electrons. The third-order valence-electron chi connectivity index (χ3n) is 7.75. The molecule has 0 amide bonds. The maximum absolute atomic E-state index is 2.48. The summed E-state index contributed by atoms with van der Waals surface area (Å²) in [5, 5.41) is 0. The molecule has 2 aromatic rings. The highest BCUT2D eigenvalue weighted by Gasteiger charge is 2.29. The van der Waals surface area contributed by atoms with Gasteiger partial charge >= 0.3 is 0 Å². The van der Waals surface area contributed by atoms with Gasteiger partial charge in [-0.05, 0) is 91.3 Å². The molecular weight excluding hydrogens is 456 g/mol. The summed E-state index contributed by atoms with van der Waals surface area (Å²) in [7, 11) is 0. The van der Waals surface area contributed by atoms with Crippen molar-refractivity contribution in [2.75, 3.05) is 0 Å². The van der Waals surface area contributed by atoms with Gasteiger partial charge in [-0.1, -0.05) is 148 Å². The molecule has 0 bridgehead atoms. The quantitative estimate of drug-likeness (QED) is 0.368. The number of hydrogen-bond acceptors (Lipinski definition) is 0. The molecule has 0 saturated heterocycles. The fourth-order valence-corrected chi connectivity index (χ4v) is 5.79. The van der Waals surface area contributed by atoms with Crippen LogP contribution in [0.5, 0.6) is 0 Å². The second-order valence-corrected chi connectivity index (χ2v) is 15.8. The largest absolute Gasteiger partial charge is 0.0651 e. The van der Waals surface area contributed by atoms with E-state index in [1.807, 2.05) is 0 Å². The van der Waals surface area contributed by atoms with Crippen LogP contribution in [0.15, 0.2) is 24.3 Å². The van der Waals surface area contributed by atoms with Gasteiger partial charge in [0.05, 0.1) is 0 Å². The molecule has 0 nitrogen and oxygen atoms in total. The molecule has 0 spiro atoms. The van der Waals surface area contributed by atoms with Gasteiger partial charge < -0.3 is 0 Å². The van der Waals surface area contributed by atoms with Crippen LogP contribution in [0.1, 0.15) is 175 Å². The number of benzene rings is 2. The lowest BCUT2D eigenvalue weighted by atomic mass is 9.71. The van der Waals surface area contributed by atoms with E-state index >= 15 is 0 Å². The SMILES string of the molecule is CCCc1c(CC)ccc(C(C)(C)C)c1C(C)(C)C.CCc1cc(C(C)(C)C)c(C(C)(C)C)cc1C(C)C. The van der Waals surface area contributed by atoms with Crippen LogP contribution < -0.4 is 0 Å². The van der Waals surface area contributed by atoms with Crippen molar-refractivity contribution in [3.8, 4) is 0 Å². The van der Waals surface area contributed by atoms with Crippen molar-refractivity contribution in [1.82, 2.24) is 0 Å². The molecular formula is C38H64. The molecule has 0 heteroatoms. The topological polar surface area (TPSA) is 0 Å². The first kappa shape index (κ1) is 34.5. The van der Waals surface area contributed by atoms with E-state index in [2.05, 4.69) is 142 Å². The highest BCUT2D eigenvalue weighted by atomic mass is 14.3. The molecule has 0 heterocycles. The normalized spacial score (nSPS) is 13.0. The second kappa shape index (κ2) is 12.7. The Morgan fingerprint density at radius 1 is 0.553 bits per heavy atom. The molecule has 2 aromatic carbocycles. The maximum Gasteiger partial charge on any atom is -0.0126 e. The van der Waals surface area contributed by atoms with Crippen LogP contribution in [0, 0.1) is 0 Å². The van der Waals surface area contributed by atoms with Crippen molar-refractivity contribution in [3.05, 3.63) is 68.8 Å². The minimum atomic E-state index is 0.207. The summed E-state index contributed by atoms with van der Waals surface area (Å²) in [6.07, 6.45) is 4.70. The van der Waals surface area contributed by atoms with E-state index in [-0.39, 0.29) is 21.7 Å². The van der Waals surface area contributed by atoms with Gasteiger partial charge in [0.1, 0.15) is 0 Å². The maximum atomic E-state index is 2.48. The fraction of sp³-hybridized carbons (Fsp3) is 0.684. The lowest BCUT2D eigenvalue weighted by Gasteiger charge is -2.33. The molecule has 2 rings (SSSR count). The van der Waals surface area contributed by atoms with Gasteiger partial charge in [-0.15, -0.1) is 0 Å². The first-order valence-corrected chi connectivity index (χ1v) is 15.4. The zero-order chi connectivity index (χ0) is 29.9. The van der Waals surface area contributed by atoms with Crippen LogP contribution in [-0.4, -0.2) is 0 Å². The molecule has 0 unspecified atom stereocenters. The van der Waals surface area contributed by atoms with Crippen LogP contribution in [-0.2, 0) is 40.9 Å². The zero-order valence-electron chi connectivity index (χ0n) is 28.7. The van der Waals surface area contributed by atoms with Gasteiger partial charge in [0.2, 0.25) is 0 Å². The Balaban J connectivity index is 0.000000380. The van der Waals surface area contributed by atoms with E-state index in [9.17, 15) is 0 Å². The minimum absolute atomic E-state index is 0.207. The Bertz CT molecular complexity index is 1030. The second-order valence-electron chi connectivity index (χ2n) is 15.8. The van der Waals surface area contributed by atoms with Crippen molar-refractivity contribution >= 4 is 0 Å². The van der Waals surface area contributed by atoms with Crippen molar-refractivity contribution in [3.63, 3.8) is 0 Å². The van der Waals surface area contributed by atoms with Crippen LogP contribution >= 0.6 is 0 Å². The lowest BCUT2D eigenvalue weighted by Crippen LogP contribution is -2.24. The van der Waals surface area contributed by atoms with Crippen LogP contribution in [0.25, 0.3) is 0 Å². The van der Waals surface area contributed by atoms with Crippen LogP contribution in [0.3, 0.4) is 0 Å². The average molecular weight is 521 g/mol. The third-order valence-corrected chi connectivity index (χ3v) is 7.75. The van der Waals surface area contributed by atoms with Gasteiger partial charge in [0, 0.05) is 0 Å². The Hall–Kier alpha value is -1.56. The first-order valence-electron chi connectivity index (χ1n) is 15.4. The Morgan fingerprint density at radius 2 is 1.00 bits per heavy atom. The summed E-state index contributed by atoms with van der Waals surface area (Å²) in [5.74, 6) is 0.602. The predicted molar refractivity (Wildman–Crippen MR) is 175 cm³/mol. The van der Waals surface area contributed by atoms with Crippen molar-refractivity contribution < 1.29 is 0 Å². The lowest BCUT2D eigenvalue weighted by molar-refractivity contribution is 0.523. The van der Waals surface area contributed by atoms with Gasteiger partial charge in [0.25, 0.3) is 0 Å². The predicted octanol–water partition coefficient (Wildman–Crippen LogP) is 11.8. The van der Waals surface area contributed by atoms with E-state index in [1.165, 1.54) is 40.7 Å². The fourth-order valence-electron chi connectivity index (χ4n) is 5.79. The molecule has 0 aliphatic carbocycles. The molecule has 38 heavy (non-hydrogen) atoms. The number of rotatable bonds is 5. The van der Waals surface area contributed by atoms with E-state index < -0.39 is 0 Å². The van der Waals surface area contributed by atoms with Crippen molar-refractivity contribution in [2.24, 2.45) is 0 Å². The molecule has 0 atom stereocenters. The Morgan fingerprint density at radius 3 is 1.34 bits per heavy atom. The minimum Gasteiger partial charge on any atom is -0.0651 e. The van der Waals surface area contributed by atoms with E-state index in [1.54, 1.807) is 16.7 Å². The molecule has 0 radical (unpaired) electrons. The molecule has 0 fully saturated rings. The van der Waals surface area contributed by atoms with Crippen molar-refractivity contribution in [1.29, 1.82) is 0 Å². The summed E-state index contributed by atoms with van der Waals surface area (Å²) >= 11 is 0. The van der Waals surface area contributed by atoms with E-state index in [0.29, 0.717) is 5.92 Å². The monoisotopic (exact) mass is 521 g/mol. The third kappa shape index (κ3) is 8.72. The summed E-state index contributed by atoms with van der Waals surface area (Å²) in [5.41, 5.74) is 13.2. The summed E-state index contributed by atoms with van der Waals surface area (Å²) in [6.45, 7) is 39.5. The summed E-state index contributed by atoms with van der Waals surface area (Å²) in [4.78, 5) is 0. The first-order chi connectivity index (χ1) is 17.1. The highest BCUT2D eigenvalue weighted by molar-refractivity contribution is 5.48. The van der Waals surface area contributed by atoms with Gasteiger partial charge in [-0.25, -0.2) is 0 Å². The highest BCUT2D eigenvalue weighted by Crippen LogP contribution is 2.39. The molecule has 0 aliphatic heterocycles. The number of hydrogen-bond donors (Lipinski definition) is 0. The smallest absolute Gasteiger partial charge is 0.0126 e. The molecule has 0 aromatic heterocycles. The number of aryl methyl sites for hydroxylation is 2. The standard InChI is InChI=1S/2C19H32/c1-10-14-11-16(18(4,5)6)17(19(7,8)9)12-15(14)13(2)3;1-9-11-15-14(10-2)12-13-16(18(3,4)5)17(15)19(6,7)8/h11-13H,10H2,1-9H3;12-13H,9-11H2,1-8H3. The van der Waals surface area contributed by atoms with Crippen molar-refractivity contribution in [2.45, 2.75) is 171 Å². The van der Waals surface area contributed by atoms with E-state index in [4.69, 9.17) is 0 Å². The van der Waals surface area contributed by atoms with E-state index in [0.717, 1.165) is 12.8 Å². The molecule has 0 saturated carbocycles. The van der Waals surface area contributed by atoms with Crippen LogP contribution in [0.2, 0.25) is 0 Å². The van der Waals surface area contributed by atoms with Crippen LogP contribution in [0.4, 0.5) is 0 Å². The summed E-state index contributed by atoms with van der Waals surface area (Å²) in [6, 6.07) is 9.68. The Kier molecular flexibility index (Phi) is 11.6. The summed E-state index contributed by atoms with van der Waals surface area (Å²) < 4.78 is 0. The van der Waals surface area contributed by atoms with Gasteiger partial charge in [-0.3, -0.25) is 0 Å². The van der Waals surface area contributed by atoms with Gasteiger partial charge in [0.15, 0.2) is 0 Å². The Labute approximate surface area is 239 Å². The molecule has 0 N–H and O–H groups in total. The van der Waals surface area contributed by atoms with Gasteiger partial charge in [-0.2, -0.15) is 0 Å².